The molecule has 0 aliphatic carbocycles. The number of rotatable bonds is 7. The maximum absolute atomic E-state index is 12.3. The van der Waals surface area contributed by atoms with Gasteiger partial charge < -0.3 is 24.5 Å². The van der Waals surface area contributed by atoms with Gasteiger partial charge in [-0.1, -0.05) is 6.07 Å². The van der Waals surface area contributed by atoms with Crippen molar-refractivity contribution in [1.29, 1.82) is 0 Å². The number of likely N-dealkylation sites (tertiary alicyclic amines) is 1. The summed E-state index contributed by atoms with van der Waals surface area (Å²) in [7, 11) is 0. The summed E-state index contributed by atoms with van der Waals surface area (Å²) in [5, 5.41) is 11.5. The summed E-state index contributed by atoms with van der Waals surface area (Å²) < 4.78 is 10.6. The number of piperidine rings is 1. The molecule has 8 heteroatoms. The van der Waals surface area contributed by atoms with Crippen LogP contribution in [-0.4, -0.2) is 47.5 Å². The van der Waals surface area contributed by atoms with Gasteiger partial charge in [0.1, 0.15) is 5.75 Å². The molecule has 1 aromatic carbocycles. The molecule has 2 aromatic rings. The normalized spacial score (nSPS) is 14.5. The number of hydrogen-bond acceptors (Lipinski definition) is 5. The van der Waals surface area contributed by atoms with Gasteiger partial charge in [0.15, 0.2) is 12.4 Å². The van der Waals surface area contributed by atoms with Crippen LogP contribution in [0.4, 0.5) is 5.69 Å². The highest BCUT2D eigenvalue weighted by molar-refractivity contribution is 6.02. The van der Waals surface area contributed by atoms with Gasteiger partial charge >= 0.3 is 5.97 Å². The van der Waals surface area contributed by atoms with Crippen molar-refractivity contribution < 1.29 is 28.6 Å². The van der Waals surface area contributed by atoms with Gasteiger partial charge in [-0.2, -0.15) is 0 Å². The fourth-order valence-corrected chi connectivity index (χ4v) is 3.13. The van der Waals surface area contributed by atoms with E-state index in [1.54, 1.807) is 41.3 Å². The highest BCUT2D eigenvalue weighted by Crippen LogP contribution is 2.21. The van der Waals surface area contributed by atoms with Gasteiger partial charge in [0.2, 0.25) is 0 Å². The third-order valence-corrected chi connectivity index (χ3v) is 4.63. The van der Waals surface area contributed by atoms with Crippen LogP contribution in [0.3, 0.4) is 0 Å². The van der Waals surface area contributed by atoms with E-state index in [1.165, 1.54) is 6.26 Å². The molecule has 0 atom stereocenters. The third-order valence-electron chi connectivity index (χ3n) is 4.63. The number of carboxylic acid groups (broad SMARTS) is 1. The first-order valence-electron chi connectivity index (χ1n) is 9.08. The second-order valence-corrected chi connectivity index (χ2v) is 6.67. The second kappa shape index (κ2) is 9.07. The minimum atomic E-state index is -0.799. The number of furan rings is 1. The lowest BCUT2D eigenvalue weighted by atomic mass is 9.94. The Morgan fingerprint density at radius 2 is 1.96 bits per heavy atom. The molecule has 0 bridgehead atoms. The molecule has 1 aliphatic heterocycles. The van der Waals surface area contributed by atoms with Crippen LogP contribution in [-0.2, 0) is 9.59 Å². The molecule has 1 fully saturated rings. The van der Waals surface area contributed by atoms with Crippen molar-refractivity contribution in [2.75, 3.05) is 25.0 Å². The van der Waals surface area contributed by atoms with Gasteiger partial charge in [-0.15, -0.1) is 0 Å². The van der Waals surface area contributed by atoms with E-state index in [1.807, 2.05) is 0 Å². The van der Waals surface area contributed by atoms with Crippen molar-refractivity contribution in [3.05, 3.63) is 48.4 Å². The highest BCUT2D eigenvalue weighted by Gasteiger charge is 2.24. The molecular weight excluding hydrogens is 364 g/mol. The molecule has 148 valence electrons. The van der Waals surface area contributed by atoms with Gasteiger partial charge in [0.25, 0.3) is 11.8 Å². The predicted molar refractivity (Wildman–Crippen MR) is 100 cm³/mol. The Hall–Kier alpha value is -3.29. The molecule has 0 radical (unpaired) electrons. The molecule has 2 N–H and O–H groups in total. The smallest absolute Gasteiger partial charge is 0.303 e. The highest BCUT2D eigenvalue weighted by atomic mass is 16.5. The Labute approximate surface area is 162 Å². The van der Waals surface area contributed by atoms with Crippen LogP contribution in [0.25, 0.3) is 0 Å². The van der Waals surface area contributed by atoms with E-state index < -0.39 is 5.97 Å². The number of aliphatic carboxylic acids is 1. The summed E-state index contributed by atoms with van der Waals surface area (Å²) >= 11 is 0. The van der Waals surface area contributed by atoms with E-state index in [4.69, 9.17) is 14.3 Å². The van der Waals surface area contributed by atoms with E-state index >= 15 is 0 Å². The van der Waals surface area contributed by atoms with Crippen LogP contribution in [0.1, 0.15) is 29.8 Å². The number of nitrogens with zero attached hydrogens (tertiary/aromatic N) is 1. The number of carbonyl (C=O) groups excluding carboxylic acids is 2. The Morgan fingerprint density at radius 1 is 1.18 bits per heavy atom. The summed E-state index contributed by atoms with van der Waals surface area (Å²) in [5.74, 6) is -0.524. The molecule has 3 rings (SSSR count). The van der Waals surface area contributed by atoms with Crippen LogP contribution in [0.5, 0.6) is 5.75 Å². The van der Waals surface area contributed by atoms with Crippen molar-refractivity contribution in [2.45, 2.75) is 19.3 Å². The Kier molecular flexibility index (Phi) is 6.31. The summed E-state index contributed by atoms with van der Waals surface area (Å²) in [6.07, 6.45) is 2.94. The molecule has 1 aromatic heterocycles. The van der Waals surface area contributed by atoms with Gasteiger partial charge in [-0.3, -0.25) is 14.4 Å². The number of nitrogens with one attached hydrogen (secondary N) is 1. The molecule has 2 amide bonds. The van der Waals surface area contributed by atoms with E-state index in [9.17, 15) is 14.4 Å². The molecule has 8 nitrogen and oxygen atoms in total. The largest absolute Gasteiger partial charge is 0.484 e. The first-order chi connectivity index (χ1) is 13.5. The molecule has 2 heterocycles. The van der Waals surface area contributed by atoms with Crippen molar-refractivity contribution in [2.24, 2.45) is 5.92 Å². The Balaban J connectivity index is 1.47. The maximum atomic E-state index is 12.3. The lowest BCUT2D eigenvalue weighted by Gasteiger charge is -2.31. The number of anilines is 1. The van der Waals surface area contributed by atoms with E-state index in [-0.39, 0.29) is 36.5 Å². The average Bonchev–Trinajstić information content (AvgIpc) is 3.21. The fraction of sp³-hybridized carbons (Fsp3) is 0.350. The number of ether oxygens (including phenoxy) is 1. The van der Waals surface area contributed by atoms with Gasteiger partial charge in [0.05, 0.1) is 6.26 Å². The minimum Gasteiger partial charge on any atom is -0.484 e. The fourth-order valence-electron chi connectivity index (χ4n) is 3.13. The monoisotopic (exact) mass is 386 g/mol. The van der Waals surface area contributed by atoms with Crippen LogP contribution in [0, 0.1) is 5.92 Å². The van der Waals surface area contributed by atoms with E-state index in [2.05, 4.69) is 5.32 Å². The quantitative estimate of drug-likeness (QED) is 0.757. The number of benzene rings is 1. The number of carboxylic acids is 1. The summed E-state index contributed by atoms with van der Waals surface area (Å²) in [4.78, 5) is 36.8. The molecule has 1 aliphatic rings. The molecule has 0 saturated carbocycles. The van der Waals surface area contributed by atoms with Crippen LogP contribution >= 0.6 is 0 Å². The molecule has 0 spiro atoms. The van der Waals surface area contributed by atoms with Crippen LogP contribution in [0.15, 0.2) is 47.1 Å². The third kappa shape index (κ3) is 5.35. The summed E-state index contributed by atoms with van der Waals surface area (Å²) in [6, 6.07) is 9.96. The van der Waals surface area contributed by atoms with Gasteiger partial charge in [0, 0.05) is 31.3 Å². The van der Waals surface area contributed by atoms with Crippen LogP contribution < -0.4 is 10.1 Å². The zero-order chi connectivity index (χ0) is 19.9. The molecule has 28 heavy (non-hydrogen) atoms. The van der Waals surface area contributed by atoms with Gasteiger partial charge in [-0.25, -0.2) is 0 Å². The Bertz CT molecular complexity index is 825. The Morgan fingerprint density at radius 3 is 2.64 bits per heavy atom. The topological polar surface area (TPSA) is 109 Å². The van der Waals surface area contributed by atoms with Crippen molar-refractivity contribution >= 4 is 23.5 Å². The lowest BCUT2D eigenvalue weighted by molar-refractivity contribution is -0.139. The first kappa shape index (κ1) is 19.5. The molecular formula is C20H22N2O6. The number of hydrogen-bond donors (Lipinski definition) is 2. The van der Waals surface area contributed by atoms with E-state index in [0.717, 1.165) is 0 Å². The lowest BCUT2D eigenvalue weighted by Crippen LogP contribution is -2.41. The number of amides is 2. The van der Waals surface area contributed by atoms with Gasteiger partial charge in [-0.05, 0) is 43.0 Å². The zero-order valence-electron chi connectivity index (χ0n) is 15.3. The van der Waals surface area contributed by atoms with Crippen molar-refractivity contribution in [3.63, 3.8) is 0 Å². The summed E-state index contributed by atoms with van der Waals surface area (Å²) in [5.41, 5.74) is 0.529. The van der Waals surface area contributed by atoms with Crippen molar-refractivity contribution in [3.8, 4) is 5.75 Å². The zero-order valence-corrected chi connectivity index (χ0v) is 15.3. The number of carbonyl (C=O) groups is 3. The average molecular weight is 386 g/mol. The van der Waals surface area contributed by atoms with Crippen LogP contribution in [0.2, 0.25) is 0 Å². The predicted octanol–water partition coefficient (Wildman–Crippen LogP) is 2.62. The molecule has 1 saturated heterocycles. The SMILES string of the molecule is O=C(O)CC1CCN(C(=O)COc2cccc(NC(=O)c3ccco3)c2)CC1. The maximum Gasteiger partial charge on any atom is 0.303 e. The van der Waals surface area contributed by atoms with E-state index in [0.29, 0.717) is 37.4 Å². The second-order valence-electron chi connectivity index (χ2n) is 6.67. The summed E-state index contributed by atoms with van der Waals surface area (Å²) in [6.45, 7) is 0.970. The molecule has 0 unspecified atom stereocenters. The van der Waals surface area contributed by atoms with Crippen molar-refractivity contribution in [1.82, 2.24) is 4.90 Å². The minimum absolute atomic E-state index is 0.112. The standard InChI is InChI=1S/C20H22N2O6/c23-18(22-8-6-14(7-9-22)11-19(24)25)13-28-16-4-1-3-15(12-16)21-20(26)17-5-2-10-27-17/h1-5,10,12,14H,6-9,11,13H2,(H,21,26)(H,24,25). The first-order valence-corrected chi connectivity index (χ1v) is 9.08.